The third kappa shape index (κ3) is 5.73. The number of hydrogen-bond donors (Lipinski definition) is 4. The Balaban J connectivity index is 1.34. The molecule has 0 fully saturated rings. The smallest absolute Gasteiger partial charge is 0.232 e. The summed E-state index contributed by atoms with van der Waals surface area (Å²) in [6, 6.07) is 8.44. The number of phenols is 4. The molecule has 0 aliphatic carbocycles. The van der Waals surface area contributed by atoms with Gasteiger partial charge in [0.1, 0.15) is 23.0 Å². The Bertz CT molecular complexity index is 1210. The molecule has 0 aliphatic heterocycles. The summed E-state index contributed by atoms with van der Waals surface area (Å²) in [6.45, 7) is 0. The van der Waals surface area contributed by atoms with Gasteiger partial charge in [-0.2, -0.15) is 0 Å². The molecule has 10 nitrogen and oxygen atoms in total. The normalized spacial score (nSPS) is 11.6. The highest BCUT2D eigenvalue weighted by Gasteiger charge is 2.09. The Hall–Kier alpha value is -3.20. The summed E-state index contributed by atoms with van der Waals surface area (Å²) in [6.07, 6.45) is 2.88. The van der Waals surface area contributed by atoms with Gasteiger partial charge in [-0.3, -0.25) is 0 Å². The Morgan fingerprint density at radius 3 is 1.50 bits per heavy atom. The van der Waals surface area contributed by atoms with Crippen LogP contribution in [0.5, 0.6) is 23.0 Å². The maximum atomic E-state index is 9.78. The van der Waals surface area contributed by atoms with E-state index in [-0.39, 0.29) is 23.0 Å². The average Bonchev–Trinajstić information content (AvgIpc) is 3.40. The van der Waals surface area contributed by atoms with Gasteiger partial charge >= 0.3 is 0 Å². The molecule has 0 saturated carbocycles. The van der Waals surface area contributed by atoms with Crippen LogP contribution in [0.1, 0.15) is 11.1 Å². The fourth-order valence-corrected chi connectivity index (χ4v) is 5.89. The number of aliphatic imine (C=N–C) groups is 2. The first-order valence-electron chi connectivity index (χ1n) is 8.60. The molecular weight excluding hydrogens is 493 g/mol. The van der Waals surface area contributed by atoms with Gasteiger partial charge in [-0.15, -0.1) is 20.4 Å². The van der Waals surface area contributed by atoms with Crippen LogP contribution < -0.4 is 0 Å². The second kappa shape index (κ2) is 9.95. The van der Waals surface area contributed by atoms with E-state index in [1.54, 1.807) is 12.1 Å². The number of nitrogens with zero attached hydrogens (tertiary/aromatic N) is 6. The zero-order valence-corrected chi connectivity index (χ0v) is 19.0. The van der Waals surface area contributed by atoms with Gasteiger partial charge in [0.05, 0.1) is 0 Å². The minimum absolute atomic E-state index is 0.0321. The minimum atomic E-state index is -0.0845. The van der Waals surface area contributed by atoms with E-state index in [0.29, 0.717) is 30.1 Å². The molecule has 0 aliphatic rings. The van der Waals surface area contributed by atoms with Crippen molar-refractivity contribution in [2.75, 3.05) is 0 Å². The van der Waals surface area contributed by atoms with Crippen LogP contribution in [0.15, 0.2) is 55.1 Å². The molecule has 0 spiro atoms. The second-order valence-electron chi connectivity index (χ2n) is 5.87. The Labute approximate surface area is 196 Å². The number of hydrogen-bond acceptors (Lipinski definition) is 14. The Morgan fingerprint density at radius 1 is 0.656 bits per heavy atom. The number of benzene rings is 2. The van der Waals surface area contributed by atoms with E-state index < -0.39 is 0 Å². The summed E-state index contributed by atoms with van der Waals surface area (Å²) >= 11 is 2.53. The molecule has 2 aromatic heterocycles. The van der Waals surface area contributed by atoms with Crippen LogP contribution in [0.2, 0.25) is 0 Å². The highest BCUT2D eigenvalue weighted by Crippen LogP contribution is 2.42. The van der Waals surface area contributed by atoms with Crippen LogP contribution in [0.25, 0.3) is 0 Å². The number of aromatic hydroxyl groups is 4. The summed E-state index contributed by atoms with van der Waals surface area (Å²) < 4.78 is 1.32. The van der Waals surface area contributed by atoms with Crippen LogP contribution in [0.3, 0.4) is 0 Å². The van der Waals surface area contributed by atoms with Crippen molar-refractivity contribution in [1.29, 1.82) is 0 Å². The topological polar surface area (TPSA) is 157 Å². The van der Waals surface area contributed by atoms with Gasteiger partial charge in [0.15, 0.2) is 8.68 Å². The van der Waals surface area contributed by atoms with E-state index in [9.17, 15) is 20.4 Å². The Morgan fingerprint density at radius 2 is 1.09 bits per heavy atom. The molecule has 0 radical (unpaired) electrons. The molecule has 0 atom stereocenters. The van der Waals surface area contributed by atoms with Crippen molar-refractivity contribution in [3.8, 4) is 23.0 Å². The van der Waals surface area contributed by atoms with Gasteiger partial charge in [0.2, 0.25) is 10.3 Å². The second-order valence-corrected chi connectivity index (χ2v) is 10.4. The lowest BCUT2D eigenvalue weighted by Gasteiger charge is -1.97. The Kier molecular flexibility index (Phi) is 6.84. The highest BCUT2D eigenvalue weighted by molar-refractivity contribution is 8.77. The van der Waals surface area contributed by atoms with Gasteiger partial charge in [0, 0.05) is 35.7 Å². The van der Waals surface area contributed by atoms with E-state index in [0.717, 1.165) is 0 Å². The first-order chi connectivity index (χ1) is 15.5. The zero-order valence-electron chi connectivity index (χ0n) is 15.7. The predicted molar refractivity (Wildman–Crippen MR) is 126 cm³/mol. The summed E-state index contributed by atoms with van der Waals surface area (Å²) in [5.41, 5.74) is 0.897. The zero-order chi connectivity index (χ0) is 22.5. The summed E-state index contributed by atoms with van der Waals surface area (Å²) in [7, 11) is 2.69. The fraction of sp³-hybridized carbons (Fsp3) is 0. The van der Waals surface area contributed by atoms with Crippen molar-refractivity contribution in [2.45, 2.75) is 8.68 Å². The van der Waals surface area contributed by atoms with Gasteiger partial charge in [-0.05, 0) is 45.9 Å². The number of aromatic nitrogens is 4. The SMILES string of the molecule is Oc1ccc(/C=N\c2nnc(SSc3nnc(/N=C\c4ccc(O)cc4O)s3)s2)c(O)c1. The quantitative estimate of drug-likeness (QED) is 0.208. The predicted octanol–water partition coefficient (Wildman–Crippen LogP) is 4.51. The van der Waals surface area contributed by atoms with Gasteiger partial charge < -0.3 is 20.4 Å². The molecular formula is C18H12N6O4S4. The molecule has 32 heavy (non-hydrogen) atoms. The lowest BCUT2D eigenvalue weighted by atomic mass is 10.2. The lowest BCUT2D eigenvalue weighted by molar-refractivity contribution is 0.449. The average molecular weight is 505 g/mol. The van der Waals surface area contributed by atoms with Crippen molar-refractivity contribution >= 4 is 67.0 Å². The largest absolute Gasteiger partial charge is 0.508 e. The molecule has 2 aromatic carbocycles. The minimum Gasteiger partial charge on any atom is -0.508 e. The van der Waals surface area contributed by atoms with Crippen LogP contribution in [0.4, 0.5) is 10.3 Å². The van der Waals surface area contributed by atoms with Crippen LogP contribution in [-0.4, -0.2) is 53.3 Å². The number of rotatable bonds is 7. The monoisotopic (exact) mass is 504 g/mol. The maximum Gasteiger partial charge on any atom is 0.232 e. The number of phenolic OH excluding ortho intramolecular Hbond substituents is 4. The molecule has 0 unspecified atom stereocenters. The molecule has 0 amide bonds. The van der Waals surface area contributed by atoms with Crippen molar-refractivity contribution in [2.24, 2.45) is 9.98 Å². The van der Waals surface area contributed by atoms with Crippen molar-refractivity contribution in [3.63, 3.8) is 0 Å². The molecule has 14 heteroatoms. The van der Waals surface area contributed by atoms with Crippen molar-refractivity contribution in [1.82, 2.24) is 20.4 Å². The van der Waals surface area contributed by atoms with E-state index in [2.05, 4.69) is 30.4 Å². The first-order valence-corrected chi connectivity index (χ1v) is 12.4. The van der Waals surface area contributed by atoms with Gasteiger partial charge in [-0.25, -0.2) is 9.98 Å². The first kappa shape index (κ1) is 22.0. The molecule has 2 heterocycles. The fourth-order valence-electron chi connectivity index (χ4n) is 2.18. The van der Waals surface area contributed by atoms with E-state index in [1.807, 2.05) is 0 Å². The van der Waals surface area contributed by atoms with E-state index in [4.69, 9.17) is 0 Å². The third-order valence-electron chi connectivity index (χ3n) is 3.63. The molecule has 0 saturated heterocycles. The summed E-state index contributed by atoms with van der Waals surface area (Å²) in [5.74, 6) is -0.233. The standard InChI is InChI=1S/C18H12N6O4S4/c25-11-3-1-9(13(27)5-11)7-19-15-21-23-17(29-15)31-32-18-24-22-16(30-18)20-8-10-2-4-12(26)6-14(10)28/h1-8,25-28H/b19-7-,20-8-. The summed E-state index contributed by atoms with van der Waals surface area (Å²) in [5, 5.41) is 55.1. The molecule has 162 valence electrons. The van der Waals surface area contributed by atoms with Crippen molar-refractivity contribution < 1.29 is 20.4 Å². The highest BCUT2D eigenvalue weighted by atomic mass is 33.1. The van der Waals surface area contributed by atoms with Gasteiger partial charge in [0.25, 0.3) is 0 Å². The van der Waals surface area contributed by atoms with E-state index in [1.165, 1.54) is 81.0 Å². The van der Waals surface area contributed by atoms with E-state index >= 15 is 0 Å². The molecule has 4 N–H and O–H groups in total. The van der Waals surface area contributed by atoms with Gasteiger partial charge in [-0.1, -0.05) is 22.7 Å². The lowest BCUT2D eigenvalue weighted by Crippen LogP contribution is -1.81. The van der Waals surface area contributed by atoms with Crippen LogP contribution in [0, 0.1) is 0 Å². The van der Waals surface area contributed by atoms with Crippen LogP contribution >= 0.6 is 44.3 Å². The third-order valence-corrected chi connectivity index (χ3v) is 8.25. The maximum absolute atomic E-state index is 9.78. The van der Waals surface area contributed by atoms with Crippen LogP contribution in [-0.2, 0) is 0 Å². The molecule has 0 bridgehead atoms. The molecule has 4 aromatic rings. The molecule has 4 rings (SSSR count). The van der Waals surface area contributed by atoms with Crippen molar-refractivity contribution in [3.05, 3.63) is 47.5 Å². The summed E-state index contributed by atoms with van der Waals surface area (Å²) in [4.78, 5) is 8.38.